The van der Waals surface area contributed by atoms with Gasteiger partial charge in [0.05, 0.1) is 12.0 Å². The summed E-state index contributed by atoms with van der Waals surface area (Å²) in [6, 6.07) is 5.74. The number of nitrogens with zero attached hydrogens (tertiary/aromatic N) is 2. The monoisotopic (exact) mass is 451 g/mol. The van der Waals surface area contributed by atoms with Crippen molar-refractivity contribution in [2.24, 2.45) is 5.92 Å². The molecule has 0 saturated carbocycles. The van der Waals surface area contributed by atoms with Gasteiger partial charge in [0.25, 0.3) is 0 Å². The number of methoxy groups -OCH3 is 1. The predicted octanol–water partition coefficient (Wildman–Crippen LogP) is 2.00. The summed E-state index contributed by atoms with van der Waals surface area (Å²) in [7, 11) is -2.08. The summed E-state index contributed by atoms with van der Waals surface area (Å²) in [5, 5.41) is 2.85. The third kappa shape index (κ3) is 5.77. The van der Waals surface area contributed by atoms with E-state index < -0.39 is 16.1 Å². The summed E-state index contributed by atoms with van der Waals surface area (Å²) in [5.41, 5.74) is 0. The first-order chi connectivity index (χ1) is 14.8. The summed E-state index contributed by atoms with van der Waals surface area (Å²) in [4.78, 5) is 27.4. The quantitative estimate of drug-likeness (QED) is 0.714. The van der Waals surface area contributed by atoms with Gasteiger partial charge in [0, 0.05) is 32.1 Å². The van der Waals surface area contributed by atoms with Gasteiger partial charge in [-0.05, 0) is 56.9 Å². The topological polar surface area (TPSA) is 96.0 Å². The molecule has 0 spiro atoms. The molecule has 2 heterocycles. The highest BCUT2D eigenvalue weighted by Crippen LogP contribution is 2.25. The molecule has 31 heavy (non-hydrogen) atoms. The molecule has 0 bridgehead atoms. The Morgan fingerprint density at radius 3 is 2.13 bits per heavy atom. The van der Waals surface area contributed by atoms with Gasteiger partial charge in [-0.3, -0.25) is 9.59 Å². The first-order valence-electron chi connectivity index (χ1n) is 11.1. The first-order valence-corrected chi connectivity index (χ1v) is 12.5. The van der Waals surface area contributed by atoms with Crippen LogP contribution in [0.2, 0.25) is 0 Å². The number of likely N-dealkylation sites (tertiary alicyclic amines) is 1. The van der Waals surface area contributed by atoms with Crippen LogP contribution in [-0.2, 0) is 19.6 Å². The van der Waals surface area contributed by atoms with Crippen LogP contribution in [0, 0.1) is 5.92 Å². The summed E-state index contributed by atoms with van der Waals surface area (Å²) in [5.74, 6) is 0.104. The van der Waals surface area contributed by atoms with Crippen molar-refractivity contribution >= 4 is 21.8 Å². The predicted molar refractivity (Wildman–Crippen MR) is 117 cm³/mol. The van der Waals surface area contributed by atoms with E-state index in [2.05, 4.69) is 5.32 Å². The van der Waals surface area contributed by atoms with Gasteiger partial charge in [0.15, 0.2) is 0 Å². The lowest BCUT2D eigenvalue weighted by molar-refractivity contribution is -0.137. The van der Waals surface area contributed by atoms with Gasteiger partial charge in [-0.2, -0.15) is 4.31 Å². The fourth-order valence-electron chi connectivity index (χ4n) is 4.21. The number of piperidine rings is 1. The molecular weight excluding hydrogens is 418 g/mol. The summed E-state index contributed by atoms with van der Waals surface area (Å²) in [6.07, 6.45) is 5.17. The maximum Gasteiger partial charge on any atom is 0.244 e. The summed E-state index contributed by atoms with van der Waals surface area (Å²) in [6.45, 7) is 3.79. The highest BCUT2D eigenvalue weighted by molar-refractivity contribution is 7.89. The number of benzene rings is 1. The van der Waals surface area contributed by atoms with E-state index in [1.807, 2.05) is 4.90 Å². The number of carbonyl (C=O) groups excluding carboxylic acids is 2. The van der Waals surface area contributed by atoms with Gasteiger partial charge >= 0.3 is 0 Å². The minimum atomic E-state index is -3.61. The fraction of sp³-hybridized carbons (Fsp3) is 0.636. The van der Waals surface area contributed by atoms with E-state index in [-0.39, 0.29) is 35.7 Å². The lowest BCUT2D eigenvalue weighted by Gasteiger charge is -2.31. The maximum absolute atomic E-state index is 12.9. The van der Waals surface area contributed by atoms with Crippen LogP contribution < -0.4 is 10.1 Å². The Hall–Kier alpha value is -2.13. The molecule has 1 atom stereocenters. The van der Waals surface area contributed by atoms with E-state index in [1.54, 1.807) is 19.1 Å². The molecule has 9 heteroatoms. The lowest BCUT2D eigenvalue weighted by Crippen LogP contribution is -2.50. The average Bonchev–Trinajstić information content (AvgIpc) is 3.08. The molecule has 2 saturated heterocycles. The van der Waals surface area contributed by atoms with E-state index in [1.165, 1.54) is 23.5 Å². The molecule has 2 amide bonds. The number of amides is 2. The molecule has 1 aromatic carbocycles. The van der Waals surface area contributed by atoms with E-state index >= 15 is 0 Å². The molecule has 2 aliphatic rings. The normalized spacial score (nSPS) is 20.0. The number of rotatable bonds is 6. The molecule has 0 unspecified atom stereocenters. The minimum absolute atomic E-state index is 0.0326. The Morgan fingerprint density at radius 1 is 1.00 bits per heavy atom. The minimum Gasteiger partial charge on any atom is -0.497 e. The number of hydrogen-bond acceptors (Lipinski definition) is 5. The summed E-state index contributed by atoms with van der Waals surface area (Å²) < 4.78 is 32.2. The maximum atomic E-state index is 12.9. The van der Waals surface area contributed by atoms with Crippen LogP contribution in [0.25, 0.3) is 0 Å². The third-order valence-electron chi connectivity index (χ3n) is 6.17. The van der Waals surface area contributed by atoms with Crippen molar-refractivity contribution in [1.82, 2.24) is 14.5 Å². The second-order valence-electron chi connectivity index (χ2n) is 8.32. The molecule has 2 aliphatic heterocycles. The zero-order valence-corrected chi connectivity index (χ0v) is 19.2. The molecule has 0 aromatic heterocycles. The zero-order valence-electron chi connectivity index (χ0n) is 18.4. The van der Waals surface area contributed by atoms with Crippen molar-refractivity contribution in [3.8, 4) is 5.75 Å². The Morgan fingerprint density at radius 2 is 1.58 bits per heavy atom. The van der Waals surface area contributed by atoms with Crippen LogP contribution in [0.5, 0.6) is 5.75 Å². The van der Waals surface area contributed by atoms with Crippen molar-refractivity contribution in [3.63, 3.8) is 0 Å². The number of carbonyl (C=O) groups is 2. The fourth-order valence-corrected chi connectivity index (χ4v) is 5.68. The molecule has 0 radical (unpaired) electrons. The van der Waals surface area contributed by atoms with Crippen LogP contribution in [-0.4, -0.2) is 68.8 Å². The van der Waals surface area contributed by atoms with Gasteiger partial charge in [0.1, 0.15) is 11.8 Å². The van der Waals surface area contributed by atoms with Crippen LogP contribution >= 0.6 is 0 Å². The average molecular weight is 452 g/mol. The van der Waals surface area contributed by atoms with Crippen molar-refractivity contribution < 1.29 is 22.7 Å². The molecule has 172 valence electrons. The number of sulfonamides is 1. The van der Waals surface area contributed by atoms with Crippen LogP contribution in [0.3, 0.4) is 0 Å². The standard InChI is InChI=1S/C22H33N3O5S/c1-17(22(27)24-13-5-3-4-6-14-24)23-21(26)18-11-15-25(16-12-18)31(28,29)20-9-7-19(30-2)8-10-20/h7-10,17-18H,3-6,11-16H2,1-2H3,(H,23,26)/t17-/m0/s1. The van der Waals surface area contributed by atoms with E-state index in [0.717, 1.165) is 38.8 Å². The molecule has 1 aromatic rings. The Balaban J connectivity index is 1.52. The Bertz CT molecular complexity index is 856. The number of ether oxygens (including phenoxy) is 1. The molecule has 2 fully saturated rings. The van der Waals surface area contributed by atoms with Crippen LogP contribution in [0.1, 0.15) is 45.4 Å². The van der Waals surface area contributed by atoms with Crippen molar-refractivity contribution in [1.29, 1.82) is 0 Å². The molecular formula is C22H33N3O5S. The largest absolute Gasteiger partial charge is 0.497 e. The molecule has 1 N–H and O–H groups in total. The van der Waals surface area contributed by atoms with Gasteiger partial charge < -0.3 is 15.0 Å². The second kappa shape index (κ2) is 10.5. The zero-order chi connectivity index (χ0) is 22.4. The number of nitrogens with one attached hydrogen (secondary N) is 1. The van der Waals surface area contributed by atoms with E-state index in [9.17, 15) is 18.0 Å². The van der Waals surface area contributed by atoms with E-state index in [4.69, 9.17) is 4.74 Å². The van der Waals surface area contributed by atoms with Gasteiger partial charge in [-0.1, -0.05) is 12.8 Å². The van der Waals surface area contributed by atoms with Gasteiger partial charge in [-0.15, -0.1) is 0 Å². The van der Waals surface area contributed by atoms with Crippen molar-refractivity contribution in [2.75, 3.05) is 33.3 Å². The third-order valence-corrected chi connectivity index (χ3v) is 8.08. The van der Waals surface area contributed by atoms with Crippen LogP contribution in [0.15, 0.2) is 29.2 Å². The first kappa shape index (κ1) is 23.5. The smallest absolute Gasteiger partial charge is 0.244 e. The Kier molecular flexibility index (Phi) is 7.94. The van der Waals surface area contributed by atoms with Crippen LogP contribution in [0.4, 0.5) is 0 Å². The van der Waals surface area contributed by atoms with Crippen molar-refractivity contribution in [2.45, 2.75) is 56.4 Å². The van der Waals surface area contributed by atoms with Gasteiger partial charge in [0.2, 0.25) is 21.8 Å². The van der Waals surface area contributed by atoms with E-state index in [0.29, 0.717) is 18.6 Å². The molecule has 3 rings (SSSR count). The van der Waals surface area contributed by atoms with Gasteiger partial charge in [-0.25, -0.2) is 8.42 Å². The highest BCUT2D eigenvalue weighted by atomic mass is 32.2. The van der Waals surface area contributed by atoms with Crippen molar-refractivity contribution in [3.05, 3.63) is 24.3 Å². The Labute approximate surface area is 185 Å². The summed E-state index contributed by atoms with van der Waals surface area (Å²) >= 11 is 0. The molecule has 0 aliphatic carbocycles. The SMILES string of the molecule is COc1ccc(S(=O)(=O)N2CCC(C(=O)N[C@@H](C)C(=O)N3CCCCCC3)CC2)cc1. The second-order valence-corrected chi connectivity index (χ2v) is 10.3. The highest BCUT2D eigenvalue weighted by Gasteiger charge is 2.33. The molecule has 8 nitrogen and oxygen atoms in total. The lowest BCUT2D eigenvalue weighted by atomic mass is 9.97. The number of hydrogen-bond donors (Lipinski definition) is 1.